The van der Waals surface area contributed by atoms with Gasteiger partial charge in [0.15, 0.2) is 0 Å². The molecule has 2 rings (SSSR count). The molecular formula is C11H18ClN3O2S. The van der Waals surface area contributed by atoms with Crippen LogP contribution in [0.15, 0.2) is 4.90 Å². The molecule has 0 aromatic carbocycles. The largest absolute Gasteiger partial charge is 0.271 e. The van der Waals surface area contributed by atoms with Crippen molar-refractivity contribution in [3.05, 3.63) is 11.4 Å². The van der Waals surface area contributed by atoms with Crippen LogP contribution in [0.5, 0.6) is 0 Å². The van der Waals surface area contributed by atoms with Gasteiger partial charge < -0.3 is 0 Å². The van der Waals surface area contributed by atoms with Gasteiger partial charge in [0.25, 0.3) is 0 Å². The maximum absolute atomic E-state index is 12.6. The fourth-order valence-corrected chi connectivity index (χ4v) is 4.69. The van der Waals surface area contributed by atoms with Gasteiger partial charge in [-0.1, -0.05) is 0 Å². The number of nitrogens with zero attached hydrogens (tertiary/aromatic N) is 3. The highest BCUT2D eigenvalue weighted by Crippen LogP contribution is 2.26. The summed E-state index contributed by atoms with van der Waals surface area (Å²) in [6.07, 6.45) is 1.68. The zero-order chi connectivity index (χ0) is 13.5. The Morgan fingerprint density at radius 1 is 1.39 bits per heavy atom. The van der Waals surface area contributed by atoms with Gasteiger partial charge in [-0.3, -0.25) is 4.68 Å². The molecule has 0 saturated carbocycles. The number of rotatable bonds is 2. The predicted octanol–water partition coefficient (Wildman–Crippen LogP) is 1.43. The van der Waals surface area contributed by atoms with Crippen LogP contribution in [-0.2, 0) is 17.1 Å². The molecule has 5 nitrogen and oxygen atoms in total. The Labute approximate surface area is 113 Å². The molecule has 1 saturated heterocycles. The second-order valence-electron chi connectivity index (χ2n) is 4.73. The first-order valence-corrected chi connectivity index (χ1v) is 7.86. The Balaban J connectivity index is 2.42. The van der Waals surface area contributed by atoms with Crippen molar-refractivity contribution < 1.29 is 8.42 Å². The zero-order valence-electron chi connectivity index (χ0n) is 10.9. The minimum atomic E-state index is -3.47. The van der Waals surface area contributed by atoms with E-state index in [9.17, 15) is 8.42 Å². The summed E-state index contributed by atoms with van der Waals surface area (Å²) in [6.45, 7) is 4.42. The number of alkyl halides is 1. The summed E-state index contributed by atoms with van der Waals surface area (Å²) < 4.78 is 28.3. The van der Waals surface area contributed by atoms with E-state index in [4.69, 9.17) is 11.6 Å². The number of aromatic nitrogens is 2. The summed E-state index contributed by atoms with van der Waals surface area (Å²) in [6, 6.07) is 0. The SMILES string of the molecule is Cc1nn(C)c(C)c1S(=O)(=O)N1CCCC(Cl)C1. The molecule has 0 bridgehead atoms. The lowest BCUT2D eigenvalue weighted by molar-refractivity contribution is 0.350. The van der Waals surface area contributed by atoms with Gasteiger partial charge >= 0.3 is 0 Å². The van der Waals surface area contributed by atoms with Gasteiger partial charge in [-0.15, -0.1) is 11.6 Å². The van der Waals surface area contributed by atoms with Crippen molar-refractivity contribution >= 4 is 21.6 Å². The number of piperidine rings is 1. The molecule has 1 aliphatic rings. The summed E-state index contributed by atoms with van der Waals surface area (Å²) >= 11 is 6.06. The van der Waals surface area contributed by atoms with Crippen molar-refractivity contribution in [1.82, 2.24) is 14.1 Å². The molecule has 0 N–H and O–H groups in total. The minimum absolute atomic E-state index is 0.0918. The summed E-state index contributed by atoms with van der Waals surface area (Å²) in [5, 5.41) is 4.08. The number of hydrogen-bond acceptors (Lipinski definition) is 3. The van der Waals surface area contributed by atoms with E-state index in [1.54, 1.807) is 25.6 Å². The Morgan fingerprint density at radius 2 is 2.06 bits per heavy atom. The van der Waals surface area contributed by atoms with Crippen molar-refractivity contribution in [2.45, 2.75) is 37.0 Å². The lowest BCUT2D eigenvalue weighted by Gasteiger charge is -2.28. The highest BCUT2D eigenvalue weighted by Gasteiger charge is 2.33. The Kier molecular flexibility index (Phi) is 3.71. The molecule has 0 aliphatic carbocycles. The standard InChI is InChI=1S/C11H18ClN3O2S/c1-8-11(9(2)14(3)13-8)18(16,17)15-6-4-5-10(12)7-15/h10H,4-7H2,1-3H3. The number of hydrogen-bond donors (Lipinski definition) is 0. The Bertz CT molecular complexity index is 553. The third kappa shape index (κ3) is 2.29. The average Bonchev–Trinajstić information content (AvgIpc) is 2.53. The maximum atomic E-state index is 12.6. The molecule has 0 radical (unpaired) electrons. The summed E-state index contributed by atoms with van der Waals surface area (Å²) in [5.41, 5.74) is 1.22. The first-order chi connectivity index (χ1) is 8.34. The van der Waals surface area contributed by atoms with E-state index in [2.05, 4.69) is 5.10 Å². The lowest BCUT2D eigenvalue weighted by atomic mass is 10.2. The third-order valence-electron chi connectivity index (χ3n) is 3.37. The van der Waals surface area contributed by atoms with Crippen LogP contribution >= 0.6 is 11.6 Å². The second-order valence-corrected chi connectivity index (χ2v) is 7.22. The van der Waals surface area contributed by atoms with Crippen LogP contribution in [0.1, 0.15) is 24.2 Å². The normalized spacial score (nSPS) is 22.3. The number of aryl methyl sites for hydroxylation is 2. The van der Waals surface area contributed by atoms with Crippen molar-refractivity contribution in [2.75, 3.05) is 13.1 Å². The highest BCUT2D eigenvalue weighted by atomic mass is 35.5. The number of sulfonamides is 1. The minimum Gasteiger partial charge on any atom is -0.271 e. The van der Waals surface area contributed by atoms with E-state index in [0.717, 1.165) is 12.8 Å². The van der Waals surface area contributed by atoms with Crippen LogP contribution in [0.3, 0.4) is 0 Å². The second kappa shape index (κ2) is 4.83. The summed E-state index contributed by atoms with van der Waals surface area (Å²) in [5.74, 6) is 0. The molecule has 1 aromatic heterocycles. The summed E-state index contributed by atoms with van der Waals surface area (Å²) in [4.78, 5) is 0.329. The van der Waals surface area contributed by atoms with Crippen LogP contribution in [-0.4, -0.2) is 41.0 Å². The average molecular weight is 292 g/mol. The Morgan fingerprint density at radius 3 is 2.56 bits per heavy atom. The third-order valence-corrected chi connectivity index (χ3v) is 5.84. The molecule has 0 amide bonds. The molecule has 102 valence electrons. The lowest BCUT2D eigenvalue weighted by Crippen LogP contribution is -2.40. The van der Waals surface area contributed by atoms with Gasteiger partial charge in [-0.05, 0) is 26.7 Å². The molecule has 7 heteroatoms. The Hall–Kier alpha value is -0.590. The molecule has 18 heavy (non-hydrogen) atoms. The fourth-order valence-electron chi connectivity index (χ4n) is 2.37. The monoisotopic (exact) mass is 291 g/mol. The van der Waals surface area contributed by atoms with Gasteiger partial charge in [-0.2, -0.15) is 9.40 Å². The van der Waals surface area contributed by atoms with Gasteiger partial charge in [0.2, 0.25) is 10.0 Å². The molecule has 2 heterocycles. The van der Waals surface area contributed by atoms with Crippen LogP contribution in [0.2, 0.25) is 0 Å². The molecule has 1 aliphatic heterocycles. The van der Waals surface area contributed by atoms with Crippen LogP contribution in [0, 0.1) is 13.8 Å². The smallest absolute Gasteiger partial charge is 0.246 e. The summed E-state index contributed by atoms with van der Waals surface area (Å²) in [7, 11) is -1.72. The van der Waals surface area contributed by atoms with E-state index in [1.165, 1.54) is 4.31 Å². The van der Waals surface area contributed by atoms with Crippen molar-refractivity contribution in [2.24, 2.45) is 7.05 Å². The maximum Gasteiger partial charge on any atom is 0.246 e. The van der Waals surface area contributed by atoms with E-state index in [-0.39, 0.29) is 5.38 Å². The molecule has 1 atom stereocenters. The predicted molar refractivity (Wildman–Crippen MR) is 70.3 cm³/mol. The molecule has 1 unspecified atom stereocenters. The quantitative estimate of drug-likeness (QED) is 0.775. The van der Waals surface area contributed by atoms with Gasteiger partial charge in [-0.25, -0.2) is 8.42 Å². The molecular weight excluding hydrogens is 274 g/mol. The zero-order valence-corrected chi connectivity index (χ0v) is 12.4. The topological polar surface area (TPSA) is 55.2 Å². The number of halogens is 1. The van der Waals surface area contributed by atoms with Crippen LogP contribution in [0.4, 0.5) is 0 Å². The first kappa shape index (κ1) is 13.8. The van der Waals surface area contributed by atoms with Crippen molar-refractivity contribution in [3.63, 3.8) is 0 Å². The highest BCUT2D eigenvalue weighted by molar-refractivity contribution is 7.89. The van der Waals surface area contributed by atoms with Crippen molar-refractivity contribution in [1.29, 1.82) is 0 Å². The van der Waals surface area contributed by atoms with Crippen molar-refractivity contribution in [3.8, 4) is 0 Å². The van der Waals surface area contributed by atoms with E-state index < -0.39 is 10.0 Å². The van der Waals surface area contributed by atoms with Gasteiger partial charge in [0.05, 0.1) is 11.4 Å². The molecule has 1 aromatic rings. The molecule has 0 spiro atoms. The fraction of sp³-hybridized carbons (Fsp3) is 0.727. The van der Waals surface area contributed by atoms with Crippen LogP contribution in [0.25, 0.3) is 0 Å². The molecule has 1 fully saturated rings. The van der Waals surface area contributed by atoms with Gasteiger partial charge in [0, 0.05) is 25.5 Å². The van der Waals surface area contributed by atoms with E-state index in [0.29, 0.717) is 29.4 Å². The first-order valence-electron chi connectivity index (χ1n) is 5.98. The van der Waals surface area contributed by atoms with E-state index in [1.807, 2.05) is 0 Å². The van der Waals surface area contributed by atoms with Crippen LogP contribution < -0.4 is 0 Å². The van der Waals surface area contributed by atoms with Gasteiger partial charge in [0.1, 0.15) is 4.90 Å². The van der Waals surface area contributed by atoms with E-state index >= 15 is 0 Å².